The zero-order valence-electron chi connectivity index (χ0n) is 12.4. The summed E-state index contributed by atoms with van der Waals surface area (Å²) in [5, 5.41) is 10.2. The van der Waals surface area contributed by atoms with Crippen molar-refractivity contribution in [3.8, 4) is 22.8 Å². The minimum Gasteiger partial charge on any atom is -0.507 e. The molecule has 1 aromatic carbocycles. The summed E-state index contributed by atoms with van der Waals surface area (Å²) in [6, 6.07) is 5.83. The Bertz CT molecular complexity index is 763. The molecule has 110 valence electrons. The number of nitrogens with one attached hydrogen (secondary N) is 1. The van der Waals surface area contributed by atoms with Crippen LogP contribution in [0.3, 0.4) is 0 Å². The van der Waals surface area contributed by atoms with Gasteiger partial charge in [0.15, 0.2) is 0 Å². The standard InChI is InChI=1S/C16H18N2O3/c1-9-15(19)12-6-7-21-13-8-10(18(2)3)4-5-11(13)14(12)17-16(9)20/h4-5,8H,6-7H2,1-3H3,(H2,17,19,20). The van der Waals surface area contributed by atoms with Crippen molar-refractivity contribution < 1.29 is 9.84 Å². The number of pyridine rings is 1. The summed E-state index contributed by atoms with van der Waals surface area (Å²) in [4.78, 5) is 16.8. The van der Waals surface area contributed by atoms with E-state index in [1.165, 1.54) is 0 Å². The van der Waals surface area contributed by atoms with Crippen LogP contribution in [0.5, 0.6) is 11.5 Å². The number of aromatic amines is 1. The van der Waals surface area contributed by atoms with Gasteiger partial charge in [-0.3, -0.25) is 4.79 Å². The van der Waals surface area contributed by atoms with Gasteiger partial charge in [-0.05, 0) is 19.1 Å². The van der Waals surface area contributed by atoms with Crippen LogP contribution in [-0.2, 0) is 6.42 Å². The topological polar surface area (TPSA) is 65.6 Å². The first-order valence-corrected chi connectivity index (χ1v) is 6.88. The number of nitrogens with zero attached hydrogens (tertiary/aromatic N) is 1. The first-order valence-electron chi connectivity index (χ1n) is 6.88. The summed E-state index contributed by atoms with van der Waals surface area (Å²) in [5.74, 6) is 0.792. The zero-order chi connectivity index (χ0) is 15.1. The molecule has 2 N–H and O–H groups in total. The van der Waals surface area contributed by atoms with Crippen LogP contribution in [0.2, 0.25) is 0 Å². The van der Waals surface area contributed by atoms with E-state index in [1.54, 1.807) is 6.92 Å². The Morgan fingerprint density at radius 2 is 2.10 bits per heavy atom. The van der Waals surface area contributed by atoms with Gasteiger partial charge >= 0.3 is 0 Å². The third-order valence-corrected chi connectivity index (χ3v) is 3.88. The van der Waals surface area contributed by atoms with E-state index in [1.807, 2.05) is 37.2 Å². The third kappa shape index (κ3) is 2.14. The number of anilines is 1. The maximum absolute atomic E-state index is 11.9. The third-order valence-electron chi connectivity index (χ3n) is 3.88. The van der Waals surface area contributed by atoms with Crippen molar-refractivity contribution in [2.24, 2.45) is 0 Å². The number of rotatable bonds is 1. The SMILES string of the molecule is Cc1c(O)c2c([nH]c1=O)-c1ccc(N(C)C)cc1OCC2. The normalized spacial score (nSPS) is 12.9. The van der Waals surface area contributed by atoms with Gasteiger partial charge in [-0.25, -0.2) is 0 Å². The van der Waals surface area contributed by atoms with Crippen molar-refractivity contribution in [1.82, 2.24) is 4.98 Å². The van der Waals surface area contributed by atoms with Crippen LogP contribution < -0.4 is 15.2 Å². The Balaban J connectivity index is 2.27. The van der Waals surface area contributed by atoms with Gasteiger partial charge in [-0.15, -0.1) is 0 Å². The molecule has 2 heterocycles. The van der Waals surface area contributed by atoms with Crippen LogP contribution in [0.4, 0.5) is 5.69 Å². The number of hydrogen-bond acceptors (Lipinski definition) is 4. The molecule has 5 heteroatoms. The second-order valence-electron chi connectivity index (χ2n) is 5.45. The van der Waals surface area contributed by atoms with Crippen molar-refractivity contribution in [2.45, 2.75) is 13.3 Å². The summed E-state index contributed by atoms with van der Waals surface area (Å²) < 4.78 is 5.80. The fraction of sp³-hybridized carbons (Fsp3) is 0.312. The number of aromatic nitrogens is 1. The number of hydrogen-bond donors (Lipinski definition) is 2. The Hall–Kier alpha value is -2.43. The number of fused-ring (bicyclic) bond motifs is 3. The van der Waals surface area contributed by atoms with E-state index < -0.39 is 0 Å². The quantitative estimate of drug-likeness (QED) is 0.842. The van der Waals surface area contributed by atoms with Crippen molar-refractivity contribution in [3.05, 3.63) is 39.7 Å². The summed E-state index contributed by atoms with van der Waals surface area (Å²) >= 11 is 0. The van der Waals surface area contributed by atoms with Crippen LogP contribution in [0.15, 0.2) is 23.0 Å². The molecule has 1 aliphatic rings. The first kappa shape index (κ1) is 13.5. The van der Waals surface area contributed by atoms with Gasteiger partial charge in [-0.1, -0.05) is 0 Å². The monoisotopic (exact) mass is 286 g/mol. The lowest BCUT2D eigenvalue weighted by Gasteiger charge is -2.16. The molecule has 5 nitrogen and oxygen atoms in total. The molecule has 1 aromatic heterocycles. The van der Waals surface area contributed by atoms with Gasteiger partial charge in [0.1, 0.15) is 11.5 Å². The Morgan fingerprint density at radius 1 is 1.33 bits per heavy atom. The van der Waals surface area contributed by atoms with Crippen molar-refractivity contribution >= 4 is 5.69 Å². The largest absolute Gasteiger partial charge is 0.507 e. The predicted octanol–water partition coefficient (Wildman–Crippen LogP) is 2.06. The van der Waals surface area contributed by atoms with E-state index in [2.05, 4.69) is 4.98 Å². The Morgan fingerprint density at radius 3 is 2.81 bits per heavy atom. The van der Waals surface area contributed by atoms with E-state index in [4.69, 9.17) is 4.74 Å². The number of benzene rings is 1. The minimum atomic E-state index is -0.268. The fourth-order valence-corrected chi connectivity index (χ4v) is 2.59. The molecule has 0 spiro atoms. The van der Waals surface area contributed by atoms with Crippen LogP contribution in [0, 0.1) is 6.92 Å². The highest BCUT2D eigenvalue weighted by Crippen LogP contribution is 2.39. The zero-order valence-corrected chi connectivity index (χ0v) is 12.4. The van der Waals surface area contributed by atoms with Gasteiger partial charge in [0, 0.05) is 43.4 Å². The maximum atomic E-state index is 11.9. The molecule has 0 bridgehead atoms. The number of aromatic hydroxyl groups is 1. The molecule has 2 aromatic rings. The summed E-state index contributed by atoms with van der Waals surface area (Å²) in [7, 11) is 3.92. The molecule has 0 fully saturated rings. The molecule has 0 amide bonds. The second kappa shape index (κ2) is 4.84. The second-order valence-corrected chi connectivity index (χ2v) is 5.45. The minimum absolute atomic E-state index is 0.0712. The molecular formula is C16H18N2O3. The lowest BCUT2D eigenvalue weighted by Crippen LogP contribution is -2.13. The van der Waals surface area contributed by atoms with Gasteiger partial charge in [0.2, 0.25) is 0 Å². The highest BCUT2D eigenvalue weighted by Gasteiger charge is 2.21. The number of H-pyrrole nitrogens is 1. The highest BCUT2D eigenvalue weighted by atomic mass is 16.5. The summed E-state index contributed by atoms with van der Waals surface area (Å²) in [6.45, 7) is 2.09. The molecule has 0 saturated carbocycles. The molecule has 0 unspecified atom stereocenters. The average Bonchev–Trinajstić information content (AvgIpc) is 2.64. The van der Waals surface area contributed by atoms with Crippen LogP contribution in [-0.4, -0.2) is 30.8 Å². The smallest absolute Gasteiger partial charge is 0.255 e. The van der Waals surface area contributed by atoms with Crippen LogP contribution in [0.25, 0.3) is 11.3 Å². The average molecular weight is 286 g/mol. The van der Waals surface area contributed by atoms with E-state index in [-0.39, 0.29) is 11.3 Å². The molecule has 3 rings (SSSR count). The Labute approximate surface area is 122 Å². The van der Waals surface area contributed by atoms with Crippen LogP contribution >= 0.6 is 0 Å². The summed E-state index contributed by atoms with van der Waals surface area (Å²) in [5.41, 5.74) is 3.30. The van der Waals surface area contributed by atoms with Gasteiger partial charge in [-0.2, -0.15) is 0 Å². The number of ether oxygens (including phenoxy) is 1. The van der Waals surface area contributed by atoms with Gasteiger partial charge < -0.3 is 19.7 Å². The molecule has 0 radical (unpaired) electrons. The molecule has 0 atom stereocenters. The molecule has 1 aliphatic heterocycles. The maximum Gasteiger partial charge on any atom is 0.255 e. The van der Waals surface area contributed by atoms with E-state index >= 15 is 0 Å². The van der Waals surface area contributed by atoms with E-state index in [0.717, 1.165) is 22.6 Å². The molecule has 0 saturated heterocycles. The summed E-state index contributed by atoms with van der Waals surface area (Å²) in [6.07, 6.45) is 0.560. The van der Waals surface area contributed by atoms with Gasteiger partial charge in [0.25, 0.3) is 5.56 Å². The first-order chi connectivity index (χ1) is 9.99. The fourth-order valence-electron chi connectivity index (χ4n) is 2.59. The van der Waals surface area contributed by atoms with Gasteiger partial charge in [0.05, 0.1) is 17.9 Å². The highest BCUT2D eigenvalue weighted by molar-refractivity contribution is 5.75. The lowest BCUT2D eigenvalue weighted by molar-refractivity contribution is 0.324. The van der Waals surface area contributed by atoms with E-state index in [0.29, 0.717) is 24.3 Å². The van der Waals surface area contributed by atoms with Crippen LogP contribution in [0.1, 0.15) is 11.1 Å². The molecular weight excluding hydrogens is 268 g/mol. The molecule has 0 aliphatic carbocycles. The lowest BCUT2D eigenvalue weighted by atomic mass is 10.0. The van der Waals surface area contributed by atoms with Crippen molar-refractivity contribution in [3.63, 3.8) is 0 Å². The molecule has 21 heavy (non-hydrogen) atoms. The van der Waals surface area contributed by atoms with Crippen molar-refractivity contribution in [1.29, 1.82) is 0 Å². The Kier molecular flexibility index (Phi) is 3.12. The predicted molar refractivity (Wildman–Crippen MR) is 82.4 cm³/mol. The van der Waals surface area contributed by atoms with E-state index in [9.17, 15) is 9.90 Å². The van der Waals surface area contributed by atoms with Crippen molar-refractivity contribution in [2.75, 3.05) is 25.6 Å².